The molecule has 1 fully saturated rings. The Morgan fingerprint density at radius 3 is 2.57 bits per heavy atom. The first-order valence-corrected chi connectivity index (χ1v) is 8.00. The summed E-state index contributed by atoms with van der Waals surface area (Å²) in [5, 5.41) is 0. The number of aromatic nitrogens is 1. The Balaban J connectivity index is 1.75. The number of hydrogen-bond acceptors (Lipinski definition) is 5. The zero-order chi connectivity index (χ0) is 16.4. The molecule has 0 radical (unpaired) electrons. The molecule has 0 saturated carbocycles. The van der Waals surface area contributed by atoms with Crippen molar-refractivity contribution in [2.24, 2.45) is 0 Å². The molecule has 0 spiro atoms. The molecular weight excluding hydrogens is 290 g/mol. The van der Waals surface area contributed by atoms with Crippen molar-refractivity contribution in [3.63, 3.8) is 0 Å². The van der Waals surface area contributed by atoms with Gasteiger partial charge in [0.1, 0.15) is 12.0 Å². The maximum Gasteiger partial charge on any atom is 0.191 e. The molecule has 5 nitrogen and oxygen atoms in total. The van der Waals surface area contributed by atoms with Crippen molar-refractivity contribution < 1.29 is 9.15 Å². The Kier molecular flexibility index (Phi) is 4.68. The number of oxazole rings is 1. The number of benzene rings is 1. The maximum atomic E-state index is 5.32. The standard InChI is InChI=1S/C18H25N3O2/c1-13-19-15(12-23-13)9-21-10-17(18(11-21)20(2)3)14-5-7-16(22-4)8-6-14/h5-8,12,17-18H,9-11H2,1-4H3/t17-,18+/m0/s1. The first-order chi connectivity index (χ1) is 11.1. The van der Waals surface area contributed by atoms with Crippen LogP contribution in [0.5, 0.6) is 5.75 Å². The number of hydrogen-bond donors (Lipinski definition) is 0. The summed E-state index contributed by atoms with van der Waals surface area (Å²) in [5.74, 6) is 2.13. The van der Waals surface area contributed by atoms with Gasteiger partial charge in [-0.2, -0.15) is 0 Å². The van der Waals surface area contributed by atoms with Gasteiger partial charge >= 0.3 is 0 Å². The highest BCUT2D eigenvalue weighted by Crippen LogP contribution is 2.32. The van der Waals surface area contributed by atoms with Crippen LogP contribution in [0, 0.1) is 6.92 Å². The smallest absolute Gasteiger partial charge is 0.191 e. The van der Waals surface area contributed by atoms with E-state index in [4.69, 9.17) is 9.15 Å². The van der Waals surface area contributed by atoms with E-state index in [1.54, 1.807) is 13.4 Å². The molecule has 1 aromatic carbocycles. The van der Waals surface area contributed by atoms with Gasteiger partial charge in [0.15, 0.2) is 5.89 Å². The summed E-state index contributed by atoms with van der Waals surface area (Å²) in [5.41, 5.74) is 2.37. The molecule has 23 heavy (non-hydrogen) atoms. The lowest BCUT2D eigenvalue weighted by Gasteiger charge is -2.25. The van der Waals surface area contributed by atoms with Crippen LogP contribution in [0.15, 0.2) is 34.9 Å². The minimum Gasteiger partial charge on any atom is -0.497 e. The van der Waals surface area contributed by atoms with E-state index < -0.39 is 0 Å². The SMILES string of the molecule is COc1ccc([C@@H]2CN(Cc3coc(C)n3)C[C@H]2N(C)C)cc1. The predicted octanol–water partition coefficient (Wildman–Crippen LogP) is 2.52. The van der Waals surface area contributed by atoms with Gasteiger partial charge in [-0.1, -0.05) is 12.1 Å². The van der Waals surface area contributed by atoms with Gasteiger partial charge in [-0.3, -0.25) is 4.90 Å². The fourth-order valence-corrected chi connectivity index (χ4v) is 3.41. The number of likely N-dealkylation sites (tertiary alicyclic amines) is 1. The second-order valence-corrected chi connectivity index (χ2v) is 6.46. The molecular formula is C18H25N3O2. The van der Waals surface area contributed by atoms with Crippen molar-refractivity contribution in [3.8, 4) is 5.75 Å². The molecule has 0 aliphatic carbocycles. The molecule has 2 heterocycles. The number of methoxy groups -OCH3 is 1. The summed E-state index contributed by atoms with van der Waals surface area (Å²) < 4.78 is 10.6. The summed E-state index contributed by atoms with van der Waals surface area (Å²) in [4.78, 5) is 9.20. The van der Waals surface area contributed by atoms with Crippen LogP contribution >= 0.6 is 0 Å². The van der Waals surface area contributed by atoms with Crippen LogP contribution < -0.4 is 4.74 Å². The van der Waals surface area contributed by atoms with Crippen LogP contribution in [0.1, 0.15) is 23.1 Å². The van der Waals surface area contributed by atoms with E-state index in [1.165, 1.54) is 5.56 Å². The Morgan fingerprint density at radius 1 is 1.26 bits per heavy atom. The van der Waals surface area contributed by atoms with Gasteiger partial charge < -0.3 is 14.1 Å². The Hall–Kier alpha value is -1.85. The summed E-state index contributed by atoms with van der Waals surface area (Å²) in [6, 6.07) is 8.96. The van der Waals surface area contributed by atoms with Crippen LogP contribution in [0.3, 0.4) is 0 Å². The monoisotopic (exact) mass is 315 g/mol. The Morgan fingerprint density at radius 2 is 2.00 bits per heavy atom. The minimum absolute atomic E-state index is 0.490. The van der Waals surface area contributed by atoms with Gasteiger partial charge in [-0.15, -0.1) is 0 Å². The third-order valence-corrected chi connectivity index (χ3v) is 4.62. The third-order valence-electron chi connectivity index (χ3n) is 4.62. The predicted molar refractivity (Wildman–Crippen MR) is 89.7 cm³/mol. The topological polar surface area (TPSA) is 41.7 Å². The molecule has 124 valence electrons. The molecule has 0 bridgehead atoms. The Bertz CT molecular complexity index is 636. The highest BCUT2D eigenvalue weighted by molar-refractivity contribution is 5.31. The number of aryl methyl sites for hydroxylation is 1. The molecule has 2 aromatic rings. The van der Waals surface area contributed by atoms with Crippen LogP contribution in [0.2, 0.25) is 0 Å². The van der Waals surface area contributed by atoms with E-state index >= 15 is 0 Å². The lowest BCUT2D eigenvalue weighted by molar-refractivity contribution is 0.258. The quantitative estimate of drug-likeness (QED) is 0.848. The molecule has 1 aromatic heterocycles. The number of likely N-dealkylation sites (N-methyl/N-ethyl adjacent to an activating group) is 1. The van der Waals surface area contributed by atoms with E-state index in [1.807, 2.05) is 19.1 Å². The average Bonchev–Trinajstić information content (AvgIpc) is 3.14. The van der Waals surface area contributed by atoms with E-state index in [0.717, 1.165) is 37.0 Å². The molecule has 3 rings (SSSR count). The van der Waals surface area contributed by atoms with Crippen LogP contribution in [0.4, 0.5) is 0 Å². The number of nitrogens with zero attached hydrogens (tertiary/aromatic N) is 3. The lowest BCUT2D eigenvalue weighted by Crippen LogP contribution is -2.34. The van der Waals surface area contributed by atoms with Crippen molar-refractivity contribution in [2.45, 2.75) is 25.4 Å². The summed E-state index contributed by atoms with van der Waals surface area (Å²) >= 11 is 0. The van der Waals surface area contributed by atoms with Gasteiger partial charge in [0.25, 0.3) is 0 Å². The van der Waals surface area contributed by atoms with E-state index in [-0.39, 0.29) is 0 Å². The average molecular weight is 315 g/mol. The molecule has 1 saturated heterocycles. The summed E-state index contributed by atoms with van der Waals surface area (Å²) in [6.07, 6.45) is 1.76. The molecule has 1 aliphatic heterocycles. The van der Waals surface area contributed by atoms with Crippen LogP contribution in [0.25, 0.3) is 0 Å². The fourth-order valence-electron chi connectivity index (χ4n) is 3.41. The molecule has 2 atom stereocenters. The molecule has 0 unspecified atom stereocenters. The van der Waals surface area contributed by atoms with Gasteiger partial charge in [-0.25, -0.2) is 4.98 Å². The summed E-state index contributed by atoms with van der Waals surface area (Å²) in [6.45, 7) is 4.79. The highest BCUT2D eigenvalue weighted by atomic mass is 16.5. The minimum atomic E-state index is 0.490. The first kappa shape index (κ1) is 16.0. The fraction of sp³-hybridized carbons (Fsp3) is 0.500. The zero-order valence-electron chi connectivity index (χ0n) is 14.3. The normalized spacial score (nSPS) is 22.0. The van der Waals surface area contributed by atoms with Crippen LogP contribution in [-0.4, -0.2) is 55.1 Å². The van der Waals surface area contributed by atoms with Crippen molar-refractivity contribution >= 4 is 0 Å². The van der Waals surface area contributed by atoms with Crippen molar-refractivity contribution in [1.29, 1.82) is 0 Å². The Labute approximate surface area is 137 Å². The van der Waals surface area contributed by atoms with Crippen molar-refractivity contribution in [1.82, 2.24) is 14.8 Å². The van der Waals surface area contributed by atoms with Crippen LogP contribution in [-0.2, 0) is 6.54 Å². The highest BCUT2D eigenvalue weighted by Gasteiger charge is 2.35. The second kappa shape index (κ2) is 6.72. The molecule has 5 heteroatoms. The van der Waals surface area contributed by atoms with Gasteiger partial charge in [0.05, 0.1) is 12.8 Å². The molecule has 1 aliphatic rings. The second-order valence-electron chi connectivity index (χ2n) is 6.46. The van der Waals surface area contributed by atoms with Gasteiger partial charge in [0, 0.05) is 38.5 Å². The van der Waals surface area contributed by atoms with Crippen molar-refractivity contribution in [2.75, 3.05) is 34.3 Å². The largest absolute Gasteiger partial charge is 0.497 e. The van der Waals surface area contributed by atoms with E-state index in [2.05, 4.69) is 41.0 Å². The number of rotatable bonds is 5. The van der Waals surface area contributed by atoms with Crippen molar-refractivity contribution in [3.05, 3.63) is 47.7 Å². The first-order valence-electron chi connectivity index (χ1n) is 8.00. The lowest BCUT2D eigenvalue weighted by atomic mass is 9.93. The molecule has 0 N–H and O–H groups in total. The molecule has 0 amide bonds. The third kappa shape index (κ3) is 3.57. The summed E-state index contributed by atoms with van der Waals surface area (Å²) in [7, 11) is 6.02. The van der Waals surface area contributed by atoms with E-state index in [9.17, 15) is 0 Å². The zero-order valence-corrected chi connectivity index (χ0v) is 14.3. The number of ether oxygens (including phenoxy) is 1. The van der Waals surface area contributed by atoms with E-state index in [0.29, 0.717) is 12.0 Å². The maximum absolute atomic E-state index is 5.32. The van der Waals surface area contributed by atoms with Gasteiger partial charge in [0.2, 0.25) is 0 Å². The van der Waals surface area contributed by atoms with Gasteiger partial charge in [-0.05, 0) is 31.8 Å².